The number of aliphatic hydroxyl groups excluding tert-OH is 1. The Morgan fingerprint density at radius 3 is 2.65 bits per heavy atom. The number of likely N-dealkylation sites (tertiary alicyclic amines) is 1. The fraction of sp³-hybridized carbons (Fsp3) is 0.536. The van der Waals surface area contributed by atoms with Crippen LogP contribution in [0.3, 0.4) is 0 Å². The zero-order valence-electron chi connectivity index (χ0n) is 21.1. The summed E-state index contributed by atoms with van der Waals surface area (Å²) in [5.41, 5.74) is -0.868. The number of hydrogen-bond donors (Lipinski definition) is 1. The van der Waals surface area contributed by atoms with Crippen molar-refractivity contribution >= 4 is 35.1 Å². The molecule has 0 bridgehead atoms. The number of anilines is 1. The van der Waals surface area contributed by atoms with Crippen LogP contribution in [-0.2, 0) is 23.9 Å². The Bertz CT molecular complexity index is 1140. The summed E-state index contributed by atoms with van der Waals surface area (Å²) in [7, 11) is 0. The molecule has 1 spiro atoms. The van der Waals surface area contributed by atoms with Crippen LogP contribution in [0, 0.1) is 17.8 Å². The molecule has 0 aliphatic carbocycles. The van der Waals surface area contributed by atoms with Crippen molar-refractivity contribution in [2.24, 2.45) is 17.8 Å². The number of carbonyl (C=O) groups is 3. The molecule has 8 nitrogen and oxygen atoms in total. The largest absolute Gasteiger partial charge is 0.465 e. The van der Waals surface area contributed by atoms with Crippen LogP contribution in [0.5, 0.6) is 0 Å². The number of para-hydroxylation sites is 1. The van der Waals surface area contributed by atoms with E-state index >= 15 is 0 Å². The van der Waals surface area contributed by atoms with Gasteiger partial charge in [0.05, 0.1) is 42.0 Å². The van der Waals surface area contributed by atoms with Crippen LogP contribution >= 0.6 is 11.6 Å². The summed E-state index contributed by atoms with van der Waals surface area (Å²) < 4.78 is 12.2. The molecule has 1 aromatic rings. The van der Waals surface area contributed by atoms with Crippen LogP contribution in [-0.4, -0.2) is 71.3 Å². The van der Waals surface area contributed by atoms with Gasteiger partial charge in [-0.25, -0.2) is 0 Å². The molecule has 2 amide bonds. The highest BCUT2D eigenvalue weighted by Crippen LogP contribution is 2.54. The zero-order valence-corrected chi connectivity index (χ0v) is 21.8. The fourth-order valence-electron chi connectivity index (χ4n) is 6.22. The van der Waals surface area contributed by atoms with E-state index in [1.807, 2.05) is 26.0 Å². The molecule has 0 aromatic heterocycles. The third-order valence-electron chi connectivity index (χ3n) is 8.00. The average molecular weight is 529 g/mol. The van der Waals surface area contributed by atoms with E-state index in [1.54, 1.807) is 41.3 Å². The monoisotopic (exact) mass is 528 g/mol. The number of fused-ring (bicyclic) bond motifs is 2. The number of nitrogens with zero attached hydrogens (tertiary/aromatic N) is 2. The number of hydrogen-bond acceptors (Lipinski definition) is 6. The summed E-state index contributed by atoms with van der Waals surface area (Å²) in [5, 5.41) is 10.7. The molecule has 9 heteroatoms. The van der Waals surface area contributed by atoms with Gasteiger partial charge >= 0.3 is 5.97 Å². The van der Waals surface area contributed by atoms with Crippen molar-refractivity contribution in [3.05, 3.63) is 53.6 Å². The lowest BCUT2D eigenvalue weighted by molar-refractivity contribution is -0.155. The van der Waals surface area contributed by atoms with Gasteiger partial charge in [0.15, 0.2) is 0 Å². The first-order chi connectivity index (χ1) is 17.8. The van der Waals surface area contributed by atoms with Crippen LogP contribution in [0.1, 0.15) is 33.1 Å². The summed E-state index contributed by atoms with van der Waals surface area (Å²) in [6.07, 6.45) is 9.10. The molecule has 1 N–H and O–H groups in total. The van der Waals surface area contributed by atoms with E-state index in [0.717, 1.165) is 19.3 Å². The first kappa shape index (κ1) is 25.9. The second-order valence-corrected chi connectivity index (χ2v) is 10.9. The number of amides is 2. The van der Waals surface area contributed by atoms with Gasteiger partial charge in [-0.3, -0.25) is 14.4 Å². The van der Waals surface area contributed by atoms with E-state index < -0.39 is 41.6 Å². The maximum Gasteiger partial charge on any atom is 0.312 e. The molecule has 1 aromatic carbocycles. The third kappa shape index (κ3) is 4.19. The highest BCUT2D eigenvalue weighted by Gasteiger charge is 2.72. The lowest BCUT2D eigenvalue weighted by Gasteiger charge is -2.40. The Balaban J connectivity index is 1.66. The molecular weight excluding hydrogens is 496 g/mol. The second-order valence-electron chi connectivity index (χ2n) is 10.5. The van der Waals surface area contributed by atoms with E-state index in [2.05, 4.69) is 0 Å². The topological polar surface area (TPSA) is 96.4 Å². The van der Waals surface area contributed by atoms with Crippen molar-refractivity contribution in [1.82, 2.24) is 4.90 Å². The van der Waals surface area contributed by atoms with Crippen molar-refractivity contribution in [3.63, 3.8) is 0 Å². The van der Waals surface area contributed by atoms with Crippen molar-refractivity contribution in [2.75, 3.05) is 24.7 Å². The summed E-state index contributed by atoms with van der Waals surface area (Å²) >= 11 is 6.48. The normalized spacial score (nSPS) is 33.5. The van der Waals surface area contributed by atoms with Crippen LogP contribution in [0.2, 0.25) is 5.02 Å². The third-order valence-corrected chi connectivity index (χ3v) is 8.32. The number of rotatable bonds is 4. The van der Waals surface area contributed by atoms with Crippen LogP contribution in [0.4, 0.5) is 5.69 Å². The predicted octanol–water partition coefficient (Wildman–Crippen LogP) is 3.12. The van der Waals surface area contributed by atoms with Crippen molar-refractivity contribution in [2.45, 2.75) is 56.9 Å². The van der Waals surface area contributed by atoms with E-state index in [0.29, 0.717) is 10.7 Å². The van der Waals surface area contributed by atoms with E-state index in [-0.39, 0.29) is 37.5 Å². The molecule has 5 rings (SSSR count). The Labute approximate surface area is 221 Å². The molecular formula is C28H33ClN2O6. The molecule has 1 unspecified atom stereocenters. The van der Waals surface area contributed by atoms with Gasteiger partial charge < -0.3 is 24.4 Å². The average Bonchev–Trinajstić information content (AvgIpc) is 3.25. The number of aliphatic hydroxyl groups is 1. The minimum absolute atomic E-state index is 0.148. The van der Waals surface area contributed by atoms with Crippen molar-refractivity contribution < 1.29 is 29.0 Å². The minimum atomic E-state index is -1.39. The highest BCUT2D eigenvalue weighted by molar-refractivity contribution is 6.34. The molecule has 198 valence electrons. The van der Waals surface area contributed by atoms with Crippen molar-refractivity contribution in [1.29, 1.82) is 0 Å². The van der Waals surface area contributed by atoms with Gasteiger partial charge in [0.1, 0.15) is 17.6 Å². The molecule has 4 aliphatic heterocycles. The smallest absolute Gasteiger partial charge is 0.312 e. The van der Waals surface area contributed by atoms with E-state index in [9.17, 15) is 19.5 Å². The molecule has 4 heterocycles. The number of esters is 1. The maximum absolute atomic E-state index is 14.4. The lowest BCUT2D eigenvalue weighted by Crippen LogP contribution is -2.59. The quantitative estimate of drug-likeness (QED) is 0.476. The molecule has 2 fully saturated rings. The second kappa shape index (κ2) is 10.2. The van der Waals surface area contributed by atoms with Gasteiger partial charge in [0, 0.05) is 6.54 Å². The van der Waals surface area contributed by atoms with Crippen LogP contribution in [0.15, 0.2) is 48.6 Å². The molecule has 6 atom stereocenters. The number of allylic oxidation sites excluding steroid dienone is 1. The molecule has 2 saturated heterocycles. The SMILES string of the molecule is CC(C)[C@H](CO)N1C(=O)[C@@H]2[C@H]3C(=O)OCCCC/C=C\[C@H]3O[C@@]23C=CCN(c2ccccc2Cl)C(=O)C13. The standard InChI is InChI=1S/C28H33ClN2O6/c1-17(2)20(16-32)31-24-26(34)30(19-11-7-6-10-18(19)29)14-9-13-28(24)23(25(31)33)22-21(37-28)12-5-3-4-8-15-36-27(22)35/h5-7,9-13,17,20-24,32H,3-4,8,14-16H2,1-2H3/b12-5-/t20-,21+,22-,23-,24?,28-/m0/s1. The Hall–Kier alpha value is -2.68. The van der Waals surface area contributed by atoms with E-state index in [1.165, 1.54) is 4.90 Å². The highest BCUT2D eigenvalue weighted by atomic mass is 35.5. The number of cyclic esters (lactones) is 1. The van der Waals surface area contributed by atoms with Crippen LogP contribution in [0.25, 0.3) is 0 Å². The minimum Gasteiger partial charge on any atom is -0.465 e. The predicted molar refractivity (Wildman–Crippen MR) is 138 cm³/mol. The summed E-state index contributed by atoms with van der Waals surface area (Å²) in [6, 6.07) is 5.32. The van der Waals surface area contributed by atoms with Gasteiger partial charge in [-0.15, -0.1) is 0 Å². The first-order valence-corrected chi connectivity index (χ1v) is 13.4. The number of carbonyl (C=O) groups excluding carboxylic acids is 3. The summed E-state index contributed by atoms with van der Waals surface area (Å²) in [5.74, 6) is -3.25. The molecule has 4 aliphatic rings. The summed E-state index contributed by atoms with van der Waals surface area (Å²) in [6.45, 7) is 3.95. The summed E-state index contributed by atoms with van der Waals surface area (Å²) in [4.78, 5) is 45.0. The zero-order chi connectivity index (χ0) is 26.3. The van der Waals surface area contributed by atoms with Gasteiger partial charge in [0.2, 0.25) is 5.91 Å². The number of ether oxygens (including phenoxy) is 2. The van der Waals surface area contributed by atoms with Gasteiger partial charge in [-0.2, -0.15) is 0 Å². The van der Waals surface area contributed by atoms with Gasteiger partial charge in [0.25, 0.3) is 5.91 Å². The number of halogens is 1. The van der Waals surface area contributed by atoms with Crippen LogP contribution < -0.4 is 4.90 Å². The fourth-order valence-corrected chi connectivity index (χ4v) is 6.46. The Morgan fingerprint density at radius 1 is 1.14 bits per heavy atom. The Morgan fingerprint density at radius 2 is 1.92 bits per heavy atom. The number of benzene rings is 1. The van der Waals surface area contributed by atoms with Crippen molar-refractivity contribution in [3.8, 4) is 0 Å². The Kier molecular flexibility index (Phi) is 7.18. The molecule has 37 heavy (non-hydrogen) atoms. The first-order valence-electron chi connectivity index (χ1n) is 13.0. The van der Waals surface area contributed by atoms with E-state index in [4.69, 9.17) is 21.1 Å². The maximum atomic E-state index is 14.4. The molecule has 0 radical (unpaired) electrons. The van der Waals surface area contributed by atoms with Gasteiger partial charge in [-0.05, 0) is 37.3 Å². The molecule has 0 saturated carbocycles. The van der Waals surface area contributed by atoms with Gasteiger partial charge in [-0.1, -0.05) is 61.9 Å². The lowest BCUT2D eigenvalue weighted by atomic mass is 9.78.